The van der Waals surface area contributed by atoms with Gasteiger partial charge in [-0.15, -0.1) is 0 Å². The molecule has 0 aliphatic heterocycles. The molecule has 0 aliphatic rings. The maximum atomic E-state index is 13.7. The number of nitrogens with zero attached hydrogens (tertiary/aromatic N) is 2. The number of rotatable bonds is 4. The first-order chi connectivity index (χ1) is 10.6. The number of aromatic amines is 1. The van der Waals surface area contributed by atoms with Gasteiger partial charge in [0.25, 0.3) is 0 Å². The van der Waals surface area contributed by atoms with E-state index in [-0.39, 0.29) is 28.5 Å². The van der Waals surface area contributed by atoms with Crippen LogP contribution >= 0.6 is 0 Å². The van der Waals surface area contributed by atoms with Gasteiger partial charge in [-0.25, -0.2) is 9.37 Å². The first kappa shape index (κ1) is 13.7. The van der Waals surface area contributed by atoms with Gasteiger partial charge in [0.2, 0.25) is 5.78 Å². The van der Waals surface area contributed by atoms with E-state index >= 15 is 0 Å². The molecule has 22 heavy (non-hydrogen) atoms. The van der Waals surface area contributed by atoms with E-state index < -0.39 is 11.6 Å². The summed E-state index contributed by atoms with van der Waals surface area (Å²) in [6.45, 7) is 0. The molecule has 110 valence electrons. The lowest BCUT2D eigenvalue weighted by Gasteiger charge is -1.97. The van der Waals surface area contributed by atoms with Crippen LogP contribution in [-0.4, -0.2) is 26.1 Å². The van der Waals surface area contributed by atoms with E-state index in [0.717, 1.165) is 6.08 Å². The highest BCUT2D eigenvalue weighted by Crippen LogP contribution is 2.27. The maximum absolute atomic E-state index is 13.7. The zero-order valence-electron chi connectivity index (χ0n) is 11.2. The van der Waals surface area contributed by atoms with Crippen molar-refractivity contribution >= 4 is 11.5 Å². The number of furan rings is 1. The third-order valence-corrected chi connectivity index (χ3v) is 2.95. The molecule has 2 N–H and O–H groups in total. The quantitative estimate of drug-likeness (QED) is 0.439. The summed E-state index contributed by atoms with van der Waals surface area (Å²) in [5.41, 5.74) is 0.522. The largest absolute Gasteiger partial charge is 0.507 e. The van der Waals surface area contributed by atoms with Crippen molar-refractivity contribution in [3.63, 3.8) is 0 Å². The van der Waals surface area contributed by atoms with Crippen LogP contribution in [0.1, 0.15) is 16.2 Å². The number of benzene rings is 1. The lowest BCUT2D eigenvalue weighted by Crippen LogP contribution is -1.98. The molecule has 0 saturated heterocycles. The Morgan fingerprint density at radius 1 is 1.36 bits per heavy atom. The lowest BCUT2D eigenvalue weighted by molar-refractivity contribution is 0.103. The van der Waals surface area contributed by atoms with Gasteiger partial charge >= 0.3 is 0 Å². The van der Waals surface area contributed by atoms with E-state index in [0.29, 0.717) is 0 Å². The van der Waals surface area contributed by atoms with Crippen LogP contribution in [0.2, 0.25) is 0 Å². The number of halogens is 1. The molecule has 0 atom stereocenters. The van der Waals surface area contributed by atoms with Gasteiger partial charge in [0.15, 0.2) is 5.82 Å². The van der Waals surface area contributed by atoms with Gasteiger partial charge in [-0.2, -0.15) is 5.10 Å². The van der Waals surface area contributed by atoms with Crippen molar-refractivity contribution in [2.45, 2.75) is 0 Å². The smallest absolute Gasteiger partial charge is 0.226 e. The van der Waals surface area contributed by atoms with E-state index in [4.69, 9.17) is 4.42 Å². The molecule has 0 spiro atoms. The summed E-state index contributed by atoms with van der Waals surface area (Å²) < 4.78 is 18.9. The number of ketones is 1. The molecule has 0 saturated carbocycles. The SMILES string of the molecule is O=C(C=C(O)c1coc(-c2ccccc2F)c1)c1ncn[nH]1. The van der Waals surface area contributed by atoms with Crippen LogP contribution < -0.4 is 0 Å². The summed E-state index contributed by atoms with van der Waals surface area (Å²) in [5.74, 6) is -1.04. The molecule has 1 aromatic carbocycles. The van der Waals surface area contributed by atoms with E-state index in [1.54, 1.807) is 18.2 Å². The molecule has 0 radical (unpaired) electrons. The molecule has 3 aromatic rings. The molecule has 3 rings (SSSR count). The van der Waals surface area contributed by atoms with Crippen LogP contribution in [0, 0.1) is 5.82 Å². The van der Waals surface area contributed by atoms with Crippen molar-refractivity contribution in [1.29, 1.82) is 0 Å². The minimum absolute atomic E-state index is 0.00405. The minimum Gasteiger partial charge on any atom is -0.507 e. The Balaban J connectivity index is 1.88. The number of aliphatic hydroxyl groups excluding tert-OH is 1. The summed E-state index contributed by atoms with van der Waals surface area (Å²) in [4.78, 5) is 15.4. The fourth-order valence-corrected chi connectivity index (χ4v) is 1.87. The van der Waals surface area contributed by atoms with Crippen LogP contribution in [-0.2, 0) is 0 Å². The van der Waals surface area contributed by atoms with E-state index in [1.165, 1.54) is 24.7 Å². The van der Waals surface area contributed by atoms with Crippen LogP contribution in [0.25, 0.3) is 17.1 Å². The summed E-state index contributed by atoms with van der Waals surface area (Å²) in [6, 6.07) is 7.54. The van der Waals surface area contributed by atoms with Crippen LogP contribution in [0.15, 0.2) is 53.4 Å². The van der Waals surface area contributed by atoms with Crippen LogP contribution in [0.3, 0.4) is 0 Å². The Morgan fingerprint density at radius 3 is 2.91 bits per heavy atom. The Hall–Kier alpha value is -3.22. The summed E-state index contributed by atoms with van der Waals surface area (Å²) in [6.07, 6.45) is 3.41. The average molecular weight is 299 g/mol. The highest BCUT2D eigenvalue weighted by Gasteiger charge is 2.13. The number of carbonyl (C=O) groups is 1. The van der Waals surface area contributed by atoms with Gasteiger partial charge < -0.3 is 9.52 Å². The van der Waals surface area contributed by atoms with Gasteiger partial charge in [-0.3, -0.25) is 9.89 Å². The summed E-state index contributed by atoms with van der Waals surface area (Å²) >= 11 is 0. The normalized spacial score (nSPS) is 11.6. The number of aromatic nitrogens is 3. The zero-order chi connectivity index (χ0) is 15.5. The van der Waals surface area contributed by atoms with Crippen molar-refractivity contribution in [1.82, 2.24) is 15.2 Å². The van der Waals surface area contributed by atoms with Crippen molar-refractivity contribution in [3.05, 3.63) is 66.2 Å². The number of hydrogen-bond acceptors (Lipinski definition) is 5. The van der Waals surface area contributed by atoms with Crippen LogP contribution in [0.5, 0.6) is 0 Å². The monoisotopic (exact) mass is 299 g/mol. The molecular weight excluding hydrogens is 289 g/mol. The highest BCUT2D eigenvalue weighted by molar-refractivity contribution is 6.05. The Morgan fingerprint density at radius 2 is 2.18 bits per heavy atom. The Kier molecular flexibility index (Phi) is 3.53. The minimum atomic E-state index is -0.538. The predicted molar refractivity (Wildman–Crippen MR) is 75.4 cm³/mol. The third-order valence-electron chi connectivity index (χ3n) is 2.95. The number of nitrogens with one attached hydrogen (secondary N) is 1. The fraction of sp³-hybridized carbons (Fsp3) is 0. The molecule has 0 unspecified atom stereocenters. The second kappa shape index (κ2) is 5.65. The van der Waals surface area contributed by atoms with Gasteiger partial charge in [0.05, 0.1) is 11.1 Å². The molecule has 0 fully saturated rings. The van der Waals surface area contributed by atoms with Gasteiger partial charge in [0.1, 0.15) is 29.9 Å². The molecular formula is C15H10FN3O3. The number of allylic oxidation sites excluding steroid dienone is 1. The predicted octanol–water partition coefficient (Wildman–Crippen LogP) is 2.99. The molecule has 2 aromatic heterocycles. The van der Waals surface area contributed by atoms with Gasteiger partial charge in [-0.1, -0.05) is 12.1 Å². The average Bonchev–Trinajstić information content (AvgIpc) is 3.19. The molecule has 6 nitrogen and oxygen atoms in total. The second-order valence-electron chi connectivity index (χ2n) is 4.41. The first-order valence-electron chi connectivity index (χ1n) is 6.29. The standard InChI is InChI=1S/C15H10FN3O3/c16-11-4-2-1-3-10(11)14-5-9(7-22-14)12(20)6-13(21)15-17-8-18-19-15/h1-8,20H,(H,17,18,19). The summed E-state index contributed by atoms with van der Waals surface area (Å²) in [7, 11) is 0. The highest BCUT2D eigenvalue weighted by atomic mass is 19.1. The topological polar surface area (TPSA) is 92.0 Å². The van der Waals surface area contributed by atoms with Crippen LogP contribution in [0.4, 0.5) is 4.39 Å². The number of H-pyrrole nitrogens is 1. The number of aliphatic hydroxyl groups is 1. The zero-order valence-corrected chi connectivity index (χ0v) is 11.2. The fourth-order valence-electron chi connectivity index (χ4n) is 1.87. The maximum Gasteiger partial charge on any atom is 0.226 e. The van der Waals surface area contributed by atoms with Gasteiger partial charge in [0, 0.05) is 6.08 Å². The van der Waals surface area contributed by atoms with E-state index in [2.05, 4.69) is 15.2 Å². The van der Waals surface area contributed by atoms with Crippen molar-refractivity contribution in [2.24, 2.45) is 0 Å². The van der Waals surface area contributed by atoms with E-state index in [9.17, 15) is 14.3 Å². The Labute approximate surface area is 123 Å². The van der Waals surface area contributed by atoms with Crippen molar-refractivity contribution in [3.8, 4) is 11.3 Å². The number of hydrogen-bond donors (Lipinski definition) is 2. The second-order valence-corrected chi connectivity index (χ2v) is 4.41. The first-order valence-corrected chi connectivity index (χ1v) is 6.29. The number of carbonyl (C=O) groups excluding carboxylic acids is 1. The molecule has 2 heterocycles. The summed E-state index contributed by atoms with van der Waals surface area (Å²) in [5, 5.41) is 15.9. The van der Waals surface area contributed by atoms with E-state index in [1.807, 2.05) is 0 Å². The molecule has 0 bridgehead atoms. The van der Waals surface area contributed by atoms with Crippen molar-refractivity contribution < 1.29 is 18.7 Å². The lowest BCUT2D eigenvalue weighted by atomic mass is 10.1. The van der Waals surface area contributed by atoms with Crippen molar-refractivity contribution in [2.75, 3.05) is 0 Å². The molecule has 0 amide bonds. The molecule has 7 heteroatoms. The molecule has 0 aliphatic carbocycles. The van der Waals surface area contributed by atoms with Gasteiger partial charge in [-0.05, 0) is 18.2 Å². The Bertz CT molecular complexity index is 837. The third kappa shape index (κ3) is 2.64.